The Morgan fingerprint density at radius 3 is 2.93 bits per heavy atom. The van der Waals surface area contributed by atoms with Crippen LogP contribution >= 0.6 is 46.9 Å². The number of nitrogens with one attached hydrogen (secondary N) is 2. The highest BCUT2D eigenvalue weighted by Gasteiger charge is 2.16. The highest BCUT2D eigenvalue weighted by Crippen LogP contribution is 2.26. The summed E-state index contributed by atoms with van der Waals surface area (Å²) in [6.07, 6.45) is 2.84. The molecule has 3 rings (SSSR count). The minimum absolute atomic E-state index is 0. The normalized spacial score (nSPS) is 18.1. The number of aliphatic hydroxyl groups is 1. The second-order valence-electron chi connectivity index (χ2n) is 6.21. The molecule has 0 radical (unpaired) electrons. The van der Waals surface area contributed by atoms with Crippen LogP contribution in [0.1, 0.15) is 23.2 Å². The van der Waals surface area contributed by atoms with Crippen molar-refractivity contribution in [2.45, 2.75) is 18.9 Å². The first kappa shape index (κ1) is 22.5. The average molecular weight is 526 g/mol. The summed E-state index contributed by atoms with van der Waals surface area (Å²) >= 11 is 7.31. The fraction of sp³-hybridized carbons (Fsp3) is 0.500. The molecule has 0 aromatic carbocycles. The van der Waals surface area contributed by atoms with Crippen molar-refractivity contribution in [1.82, 2.24) is 10.6 Å². The van der Waals surface area contributed by atoms with E-state index < -0.39 is 6.10 Å². The maximum absolute atomic E-state index is 10.3. The Hall–Kier alpha value is -0.810. The lowest BCUT2D eigenvalue weighted by Crippen LogP contribution is -2.41. The van der Waals surface area contributed by atoms with Gasteiger partial charge in [0.2, 0.25) is 0 Å². The number of furan rings is 1. The van der Waals surface area contributed by atoms with Crippen LogP contribution < -0.4 is 10.6 Å². The summed E-state index contributed by atoms with van der Waals surface area (Å²) in [7, 11) is 0. The lowest BCUT2D eigenvalue weighted by Gasteiger charge is -2.15. The molecule has 3 N–H and O–H groups in total. The summed E-state index contributed by atoms with van der Waals surface area (Å²) < 4.78 is 11.4. The fourth-order valence-corrected chi connectivity index (χ4v) is 3.73. The molecule has 27 heavy (non-hydrogen) atoms. The molecule has 6 nitrogen and oxygen atoms in total. The Kier molecular flexibility index (Phi) is 9.91. The Morgan fingerprint density at radius 1 is 1.37 bits per heavy atom. The Labute approximate surface area is 185 Å². The van der Waals surface area contributed by atoms with Crippen LogP contribution in [0.3, 0.4) is 0 Å². The van der Waals surface area contributed by atoms with Crippen LogP contribution in [0.2, 0.25) is 4.34 Å². The van der Waals surface area contributed by atoms with E-state index in [1.54, 1.807) is 12.3 Å². The number of hydrogen-bond acceptors (Lipinski definition) is 5. The monoisotopic (exact) mass is 525 g/mol. The molecule has 2 aromatic rings. The minimum Gasteiger partial charge on any atom is -0.469 e. The van der Waals surface area contributed by atoms with Crippen LogP contribution in [0.25, 0.3) is 0 Å². The largest absolute Gasteiger partial charge is 0.469 e. The van der Waals surface area contributed by atoms with Crippen molar-refractivity contribution >= 4 is 52.9 Å². The molecule has 150 valence electrons. The van der Waals surface area contributed by atoms with Crippen molar-refractivity contribution in [3.05, 3.63) is 45.5 Å². The van der Waals surface area contributed by atoms with Crippen molar-refractivity contribution in [3.8, 4) is 0 Å². The number of nitrogens with zero attached hydrogens (tertiary/aromatic N) is 1. The Morgan fingerprint density at radius 2 is 2.26 bits per heavy atom. The fourth-order valence-electron chi connectivity index (χ4n) is 2.69. The molecule has 2 unspecified atom stereocenters. The van der Waals surface area contributed by atoms with Gasteiger partial charge >= 0.3 is 0 Å². The van der Waals surface area contributed by atoms with E-state index in [0.29, 0.717) is 22.8 Å². The highest BCUT2D eigenvalue weighted by molar-refractivity contribution is 14.0. The van der Waals surface area contributed by atoms with Crippen molar-refractivity contribution < 1.29 is 14.3 Å². The third-order valence-electron chi connectivity index (χ3n) is 4.17. The van der Waals surface area contributed by atoms with Gasteiger partial charge in [-0.1, -0.05) is 11.6 Å². The average Bonchev–Trinajstić information content (AvgIpc) is 3.39. The molecule has 0 saturated carbocycles. The molecule has 0 bridgehead atoms. The van der Waals surface area contributed by atoms with E-state index in [-0.39, 0.29) is 30.5 Å². The van der Waals surface area contributed by atoms with Gasteiger partial charge in [0.1, 0.15) is 11.9 Å². The molecule has 9 heteroatoms. The van der Waals surface area contributed by atoms with Crippen molar-refractivity contribution in [1.29, 1.82) is 0 Å². The Balaban J connectivity index is 0.00000261. The number of hydrogen-bond donors (Lipinski definition) is 3. The first-order chi connectivity index (χ1) is 12.7. The topological polar surface area (TPSA) is 79.0 Å². The number of aliphatic imine (C=N–C) groups is 1. The SMILES string of the molecule is I.OC(CN=C(NCCc1ccco1)NCC1CCOC1)c1ccc(Cl)s1. The van der Waals surface area contributed by atoms with E-state index in [2.05, 4.69) is 15.6 Å². The lowest BCUT2D eigenvalue weighted by molar-refractivity contribution is 0.186. The summed E-state index contributed by atoms with van der Waals surface area (Å²) in [4.78, 5) is 5.34. The number of rotatable bonds is 8. The van der Waals surface area contributed by atoms with Gasteiger partial charge in [0.15, 0.2) is 5.96 Å². The van der Waals surface area contributed by atoms with E-state index in [9.17, 15) is 5.11 Å². The quantitative estimate of drug-likeness (QED) is 0.279. The minimum atomic E-state index is -0.661. The summed E-state index contributed by atoms with van der Waals surface area (Å²) in [5.41, 5.74) is 0. The molecule has 0 amide bonds. The molecule has 0 aliphatic carbocycles. The van der Waals surface area contributed by atoms with Gasteiger partial charge in [-0.3, -0.25) is 4.99 Å². The van der Waals surface area contributed by atoms with Gasteiger partial charge in [0, 0.05) is 36.9 Å². The number of halogens is 2. The molecule has 1 saturated heterocycles. The van der Waals surface area contributed by atoms with Gasteiger partial charge < -0.3 is 24.9 Å². The van der Waals surface area contributed by atoms with Crippen molar-refractivity contribution in [3.63, 3.8) is 0 Å². The third-order valence-corrected chi connectivity index (χ3v) is 5.50. The number of guanidine groups is 1. The van der Waals surface area contributed by atoms with E-state index in [1.807, 2.05) is 18.2 Å². The number of thiophene rings is 1. The molecule has 1 aliphatic heterocycles. The van der Waals surface area contributed by atoms with Crippen LogP contribution in [0.15, 0.2) is 39.9 Å². The maximum Gasteiger partial charge on any atom is 0.191 e. The van der Waals surface area contributed by atoms with E-state index in [0.717, 1.165) is 43.2 Å². The third kappa shape index (κ3) is 7.61. The predicted octanol–water partition coefficient (Wildman–Crippen LogP) is 3.46. The van der Waals surface area contributed by atoms with Gasteiger partial charge in [-0.25, -0.2) is 0 Å². The standard InChI is InChI=1S/C18H24ClN3O3S.HI/c19-17-4-3-16(26-17)15(23)11-22-18(21-10-13-6-9-24-12-13)20-7-5-14-2-1-8-25-14;/h1-4,8,13,15,23H,5-7,9-12H2,(H2,20,21,22);1H. The zero-order valence-corrected chi connectivity index (χ0v) is 18.8. The van der Waals surface area contributed by atoms with Crippen LogP contribution in [0.5, 0.6) is 0 Å². The smallest absolute Gasteiger partial charge is 0.191 e. The van der Waals surface area contributed by atoms with Gasteiger partial charge in [-0.05, 0) is 30.7 Å². The van der Waals surface area contributed by atoms with Crippen molar-refractivity contribution in [2.24, 2.45) is 10.9 Å². The first-order valence-electron chi connectivity index (χ1n) is 8.76. The maximum atomic E-state index is 10.3. The Bertz CT molecular complexity index is 690. The van der Waals surface area contributed by atoms with Crippen LogP contribution in [0, 0.1) is 5.92 Å². The summed E-state index contributed by atoms with van der Waals surface area (Å²) in [5, 5.41) is 16.9. The van der Waals surface area contributed by atoms with Crippen LogP contribution in [0.4, 0.5) is 0 Å². The molecule has 0 spiro atoms. The molecule has 3 heterocycles. The molecule has 1 aliphatic rings. The number of ether oxygens (including phenoxy) is 1. The summed E-state index contributed by atoms with van der Waals surface area (Å²) in [6.45, 7) is 3.37. The molecule has 1 fully saturated rings. The molecule has 2 atom stereocenters. The van der Waals surface area contributed by atoms with Crippen LogP contribution in [-0.2, 0) is 11.2 Å². The molecular formula is C18H25ClIN3O3S. The van der Waals surface area contributed by atoms with Crippen LogP contribution in [-0.4, -0.2) is 43.9 Å². The second kappa shape index (κ2) is 11.9. The molecular weight excluding hydrogens is 501 g/mol. The van der Waals surface area contributed by atoms with Gasteiger partial charge in [0.25, 0.3) is 0 Å². The van der Waals surface area contributed by atoms with E-state index >= 15 is 0 Å². The lowest BCUT2D eigenvalue weighted by atomic mass is 10.1. The highest BCUT2D eigenvalue weighted by atomic mass is 127. The second-order valence-corrected chi connectivity index (χ2v) is 7.96. The van der Waals surface area contributed by atoms with Gasteiger partial charge in [-0.15, -0.1) is 35.3 Å². The summed E-state index contributed by atoms with van der Waals surface area (Å²) in [5.74, 6) is 2.10. The van der Waals surface area contributed by atoms with Crippen molar-refractivity contribution in [2.75, 3.05) is 32.8 Å². The summed E-state index contributed by atoms with van der Waals surface area (Å²) in [6, 6.07) is 7.45. The predicted molar refractivity (Wildman–Crippen MR) is 119 cm³/mol. The zero-order valence-electron chi connectivity index (χ0n) is 14.9. The van der Waals surface area contributed by atoms with E-state index in [4.69, 9.17) is 20.8 Å². The zero-order chi connectivity index (χ0) is 18.2. The van der Waals surface area contributed by atoms with Gasteiger partial charge in [-0.2, -0.15) is 0 Å². The van der Waals surface area contributed by atoms with Gasteiger partial charge in [0.05, 0.1) is 23.8 Å². The van der Waals surface area contributed by atoms with E-state index in [1.165, 1.54) is 11.3 Å². The number of aliphatic hydroxyl groups excluding tert-OH is 1. The molecule has 2 aromatic heterocycles. The first-order valence-corrected chi connectivity index (χ1v) is 9.96.